The zero-order chi connectivity index (χ0) is 19.5. The van der Waals surface area contributed by atoms with Crippen molar-refractivity contribution >= 4 is 5.91 Å². The lowest BCUT2D eigenvalue weighted by Crippen LogP contribution is -2.61. The molecular formula is C23H31N3O3. The lowest BCUT2D eigenvalue weighted by atomic mass is 9.75. The van der Waals surface area contributed by atoms with Gasteiger partial charge in [0.05, 0.1) is 6.04 Å². The number of rotatable bonds is 2. The molecule has 6 nitrogen and oxygen atoms in total. The monoisotopic (exact) mass is 397 g/mol. The maximum Gasteiger partial charge on any atom is 0.231 e. The van der Waals surface area contributed by atoms with E-state index in [1.807, 2.05) is 6.07 Å². The van der Waals surface area contributed by atoms with E-state index in [2.05, 4.69) is 33.9 Å². The highest BCUT2D eigenvalue weighted by Gasteiger charge is 2.55. The van der Waals surface area contributed by atoms with Gasteiger partial charge in [-0.3, -0.25) is 9.69 Å². The van der Waals surface area contributed by atoms with E-state index in [0.717, 1.165) is 44.0 Å². The van der Waals surface area contributed by atoms with E-state index in [9.17, 15) is 4.79 Å². The van der Waals surface area contributed by atoms with Crippen LogP contribution in [-0.4, -0.2) is 79.3 Å². The Morgan fingerprint density at radius 3 is 2.52 bits per heavy atom. The molecule has 0 aliphatic carbocycles. The Bertz CT molecular complexity index is 799. The SMILES string of the molecule is CN1CCC(C(=O)N2C[C@@H](c3ccc4c(c3)OCO4)[C@@H]3[C@H]2C2CCN3CC2)CC1. The van der Waals surface area contributed by atoms with Gasteiger partial charge in [0.25, 0.3) is 0 Å². The van der Waals surface area contributed by atoms with Gasteiger partial charge in [0, 0.05) is 24.4 Å². The van der Waals surface area contributed by atoms with Gasteiger partial charge in [-0.2, -0.15) is 0 Å². The molecule has 0 saturated carbocycles. The Balaban J connectivity index is 1.31. The number of hydrogen-bond acceptors (Lipinski definition) is 5. The van der Waals surface area contributed by atoms with Gasteiger partial charge in [0.2, 0.25) is 12.7 Å². The third-order valence-electron chi connectivity index (χ3n) is 8.17. The van der Waals surface area contributed by atoms with Crippen LogP contribution >= 0.6 is 0 Å². The highest BCUT2D eigenvalue weighted by atomic mass is 16.7. The van der Waals surface area contributed by atoms with Crippen LogP contribution in [0.5, 0.6) is 11.5 Å². The fourth-order valence-corrected chi connectivity index (χ4v) is 6.60. The molecule has 0 aromatic heterocycles. The largest absolute Gasteiger partial charge is 0.454 e. The number of hydrogen-bond donors (Lipinski definition) is 0. The first kappa shape index (κ1) is 18.0. The predicted octanol–water partition coefficient (Wildman–Crippen LogP) is 2.15. The maximum absolute atomic E-state index is 13.6. The van der Waals surface area contributed by atoms with E-state index in [0.29, 0.717) is 36.6 Å². The quantitative estimate of drug-likeness (QED) is 0.765. The van der Waals surface area contributed by atoms with Gasteiger partial charge in [-0.25, -0.2) is 0 Å². The highest BCUT2D eigenvalue weighted by molar-refractivity contribution is 5.80. The highest BCUT2D eigenvalue weighted by Crippen LogP contribution is 2.48. The second kappa shape index (κ2) is 6.88. The number of ether oxygens (including phenoxy) is 2. The maximum atomic E-state index is 13.6. The minimum Gasteiger partial charge on any atom is -0.454 e. The van der Waals surface area contributed by atoms with Gasteiger partial charge in [-0.15, -0.1) is 0 Å². The zero-order valence-corrected chi connectivity index (χ0v) is 17.3. The summed E-state index contributed by atoms with van der Waals surface area (Å²) in [5.74, 6) is 3.36. The molecule has 6 heteroatoms. The minimum atomic E-state index is 0.206. The van der Waals surface area contributed by atoms with Crippen molar-refractivity contribution in [1.82, 2.24) is 14.7 Å². The van der Waals surface area contributed by atoms with Crippen molar-refractivity contribution < 1.29 is 14.3 Å². The molecule has 2 bridgehead atoms. The summed E-state index contributed by atoms with van der Waals surface area (Å²) in [6, 6.07) is 7.25. The van der Waals surface area contributed by atoms with Crippen molar-refractivity contribution in [2.45, 2.75) is 43.7 Å². The Hall–Kier alpha value is -1.79. The number of likely N-dealkylation sites (tertiary alicyclic amines) is 2. The van der Waals surface area contributed by atoms with Crippen LogP contribution in [0.25, 0.3) is 0 Å². The third kappa shape index (κ3) is 2.87. The standard InChI is InChI=1S/C23H31N3O3/c1-24-8-4-16(5-9-24)23(27)26-13-18(17-2-3-19-20(12-17)29-14-28-19)22-21(26)15-6-10-25(22)11-7-15/h2-3,12,15-16,18,21-22H,4-11,13-14H2,1H3/t18-,21+,22+/m0/s1. The molecule has 6 aliphatic heterocycles. The lowest BCUT2D eigenvalue weighted by Gasteiger charge is -2.51. The fraction of sp³-hybridized carbons (Fsp3) is 0.696. The summed E-state index contributed by atoms with van der Waals surface area (Å²) in [7, 11) is 2.16. The summed E-state index contributed by atoms with van der Waals surface area (Å²) in [5.41, 5.74) is 1.30. The molecule has 0 spiro atoms. The molecule has 3 atom stereocenters. The number of fused-ring (bicyclic) bond motifs is 3. The molecule has 0 radical (unpaired) electrons. The van der Waals surface area contributed by atoms with Gasteiger partial charge < -0.3 is 19.3 Å². The number of nitrogens with zero attached hydrogens (tertiary/aromatic N) is 3. The van der Waals surface area contributed by atoms with Crippen molar-refractivity contribution in [2.24, 2.45) is 11.8 Å². The van der Waals surface area contributed by atoms with Crippen molar-refractivity contribution in [3.05, 3.63) is 23.8 Å². The summed E-state index contributed by atoms with van der Waals surface area (Å²) < 4.78 is 11.2. The lowest BCUT2D eigenvalue weighted by molar-refractivity contribution is -0.141. The average Bonchev–Trinajstić information content (AvgIpc) is 3.40. The van der Waals surface area contributed by atoms with Gasteiger partial charge in [-0.05, 0) is 82.5 Å². The molecule has 1 aromatic rings. The zero-order valence-electron chi connectivity index (χ0n) is 17.3. The predicted molar refractivity (Wildman–Crippen MR) is 109 cm³/mol. The van der Waals surface area contributed by atoms with Crippen LogP contribution < -0.4 is 9.47 Å². The van der Waals surface area contributed by atoms with E-state index in [4.69, 9.17) is 9.47 Å². The van der Waals surface area contributed by atoms with Crippen LogP contribution in [0.3, 0.4) is 0 Å². The van der Waals surface area contributed by atoms with Crippen LogP contribution in [0.1, 0.15) is 37.2 Å². The van der Waals surface area contributed by atoms with Crippen LogP contribution in [0.15, 0.2) is 18.2 Å². The van der Waals surface area contributed by atoms with Crippen molar-refractivity contribution in [1.29, 1.82) is 0 Å². The average molecular weight is 398 g/mol. The molecule has 5 saturated heterocycles. The number of benzene rings is 1. The van der Waals surface area contributed by atoms with Crippen LogP contribution in [0.4, 0.5) is 0 Å². The molecule has 29 heavy (non-hydrogen) atoms. The molecular weight excluding hydrogens is 366 g/mol. The molecule has 5 fully saturated rings. The Morgan fingerprint density at radius 2 is 1.72 bits per heavy atom. The summed E-state index contributed by atoms with van der Waals surface area (Å²) in [5, 5.41) is 0. The normalized spacial score (nSPS) is 36.4. The molecule has 156 valence electrons. The fourth-order valence-electron chi connectivity index (χ4n) is 6.60. The number of piperidine rings is 4. The molecule has 0 N–H and O–H groups in total. The number of amides is 1. The molecule has 0 unspecified atom stereocenters. The van der Waals surface area contributed by atoms with E-state index >= 15 is 0 Å². The number of carbonyl (C=O) groups excluding carboxylic acids is 1. The van der Waals surface area contributed by atoms with Gasteiger partial charge >= 0.3 is 0 Å². The van der Waals surface area contributed by atoms with E-state index in [-0.39, 0.29) is 5.92 Å². The van der Waals surface area contributed by atoms with Crippen LogP contribution in [0, 0.1) is 11.8 Å². The second-order valence-electron chi connectivity index (χ2n) is 9.64. The van der Waals surface area contributed by atoms with E-state index < -0.39 is 0 Å². The first-order chi connectivity index (χ1) is 14.2. The molecule has 6 heterocycles. The van der Waals surface area contributed by atoms with Gasteiger partial charge in [0.1, 0.15) is 0 Å². The smallest absolute Gasteiger partial charge is 0.231 e. The summed E-state index contributed by atoms with van der Waals surface area (Å²) >= 11 is 0. The van der Waals surface area contributed by atoms with Crippen molar-refractivity contribution in [3.63, 3.8) is 0 Å². The third-order valence-corrected chi connectivity index (χ3v) is 8.17. The Labute approximate surface area is 172 Å². The Morgan fingerprint density at radius 1 is 0.966 bits per heavy atom. The first-order valence-electron chi connectivity index (χ1n) is 11.3. The first-order valence-corrected chi connectivity index (χ1v) is 11.3. The van der Waals surface area contributed by atoms with Crippen LogP contribution in [0.2, 0.25) is 0 Å². The summed E-state index contributed by atoms with van der Waals surface area (Å²) in [6.07, 6.45) is 4.50. The van der Waals surface area contributed by atoms with E-state index in [1.165, 1.54) is 31.5 Å². The van der Waals surface area contributed by atoms with Crippen LogP contribution in [-0.2, 0) is 4.79 Å². The number of carbonyl (C=O) groups is 1. The molecule has 7 rings (SSSR count). The van der Waals surface area contributed by atoms with Crippen molar-refractivity contribution in [3.8, 4) is 11.5 Å². The van der Waals surface area contributed by atoms with Crippen molar-refractivity contribution in [2.75, 3.05) is 46.6 Å². The summed E-state index contributed by atoms with van der Waals surface area (Å²) in [4.78, 5) is 21.0. The minimum absolute atomic E-state index is 0.206. The molecule has 1 amide bonds. The topological polar surface area (TPSA) is 45.3 Å². The van der Waals surface area contributed by atoms with Gasteiger partial charge in [-0.1, -0.05) is 6.07 Å². The summed E-state index contributed by atoms with van der Waals surface area (Å²) in [6.45, 7) is 5.61. The van der Waals surface area contributed by atoms with Gasteiger partial charge in [0.15, 0.2) is 11.5 Å². The van der Waals surface area contributed by atoms with E-state index in [1.54, 1.807) is 0 Å². The Kier molecular flexibility index (Phi) is 4.27. The second-order valence-corrected chi connectivity index (χ2v) is 9.64. The molecule has 1 aromatic carbocycles. The molecule has 6 aliphatic rings.